The quantitative estimate of drug-likeness (QED) is 0.172. The van der Waals surface area contributed by atoms with Crippen LogP contribution in [0.1, 0.15) is 59.9 Å². The summed E-state index contributed by atoms with van der Waals surface area (Å²) in [6.07, 6.45) is 7.85. The van der Waals surface area contributed by atoms with Gasteiger partial charge in [-0.25, -0.2) is 0 Å². The molecule has 2 fully saturated rings. The fourth-order valence-electron chi connectivity index (χ4n) is 6.74. The summed E-state index contributed by atoms with van der Waals surface area (Å²) in [5.41, 5.74) is 8.80. The highest BCUT2D eigenvalue weighted by molar-refractivity contribution is 6.31. The number of likely N-dealkylation sites (tertiary alicyclic amines) is 1. The Balaban J connectivity index is 1.15. The predicted octanol–water partition coefficient (Wildman–Crippen LogP) is 7.42. The van der Waals surface area contributed by atoms with E-state index in [9.17, 15) is 4.79 Å². The van der Waals surface area contributed by atoms with E-state index in [1.165, 1.54) is 16.7 Å². The van der Waals surface area contributed by atoms with Crippen molar-refractivity contribution >= 4 is 17.4 Å². The van der Waals surface area contributed by atoms with Crippen LogP contribution in [0.5, 0.6) is 0 Å². The number of nitrogens with zero attached hydrogens (tertiary/aromatic N) is 6. The summed E-state index contributed by atoms with van der Waals surface area (Å²) in [6, 6.07) is 29.7. The van der Waals surface area contributed by atoms with Gasteiger partial charge in [-0.3, -0.25) is 9.78 Å². The summed E-state index contributed by atoms with van der Waals surface area (Å²) in [4.78, 5) is 19.0. The minimum Gasteiger partial charge on any atom is -0.375 e. The summed E-state index contributed by atoms with van der Waals surface area (Å²) in [5.74, 6) is 1.30. The monoisotopic (exact) mass is 614 g/mol. The molecule has 1 saturated carbocycles. The molecule has 2 aliphatic rings. The third-order valence-electron chi connectivity index (χ3n) is 9.40. The van der Waals surface area contributed by atoms with E-state index in [-0.39, 0.29) is 5.92 Å². The lowest BCUT2D eigenvalue weighted by Crippen LogP contribution is -2.38. The van der Waals surface area contributed by atoms with E-state index in [4.69, 9.17) is 16.6 Å². The van der Waals surface area contributed by atoms with E-state index in [1.807, 2.05) is 24.4 Å². The number of ketones is 1. The Bertz CT molecular complexity index is 1790. The van der Waals surface area contributed by atoms with Crippen molar-refractivity contribution in [3.63, 3.8) is 0 Å². The molecule has 7 nitrogen and oxygen atoms in total. The fraction of sp³-hybridized carbons (Fsp3) is 0.270. The lowest BCUT2D eigenvalue weighted by molar-refractivity contribution is -0.126. The number of halogens is 1. The molecule has 0 N–H and O–H groups in total. The second kappa shape index (κ2) is 12.8. The van der Waals surface area contributed by atoms with Crippen LogP contribution in [0.3, 0.4) is 0 Å². The average molecular weight is 615 g/mol. The molecule has 0 radical (unpaired) electrons. The lowest BCUT2D eigenvalue weighted by Gasteiger charge is -2.40. The Morgan fingerprint density at radius 1 is 0.956 bits per heavy atom. The predicted molar refractivity (Wildman–Crippen MR) is 176 cm³/mol. The molecule has 45 heavy (non-hydrogen) atoms. The van der Waals surface area contributed by atoms with Crippen LogP contribution in [0.25, 0.3) is 16.8 Å². The van der Waals surface area contributed by atoms with Crippen LogP contribution >= 0.6 is 11.6 Å². The molecule has 2 aromatic heterocycles. The molecule has 3 aromatic carbocycles. The number of benzene rings is 3. The van der Waals surface area contributed by atoms with Gasteiger partial charge in [0.2, 0.25) is 0 Å². The molecule has 1 atom stereocenters. The van der Waals surface area contributed by atoms with Crippen molar-refractivity contribution in [2.75, 3.05) is 13.1 Å². The van der Waals surface area contributed by atoms with Crippen molar-refractivity contribution in [1.82, 2.24) is 30.1 Å². The highest BCUT2D eigenvalue weighted by Crippen LogP contribution is 2.37. The zero-order chi connectivity index (χ0) is 30.8. The average Bonchev–Trinajstić information content (AvgIpc) is 3.61. The van der Waals surface area contributed by atoms with E-state index >= 15 is 0 Å². The molecule has 3 heterocycles. The molecule has 0 bridgehead atoms. The third-order valence-corrected chi connectivity index (χ3v) is 9.63. The Hall–Kier alpha value is -4.62. The number of allylic oxidation sites excluding steroid dienone is 1. The van der Waals surface area contributed by atoms with Gasteiger partial charge in [0.15, 0.2) is 0 Å². The highest BCUT2D eigenvalue weighted by atomic mass is 35.5. The summed E-state index contributed by atoms with van der Waals surface area (Å²) in [5, 5.41) is 12.3. The molecule has 8 heteroatoms. The first-order valence-corrected chi connectivity index (χ1v) is 16.0. The van der Waals surface area contributed by atoms with Crippen LogP contribution in [0.15, 0.2) is 110 Å². The van der Waals surface area contributed by atoms with Crippen molar-refractivity contribution in [2.24, 2.45) is 5.92 Å². The molecule has 7 rings (SSSR count). The topological polar surface area (TPSA) is 76.8 Å². The molecule has 1 aliphatic carbocycles. The second-order valence-electron chi connectivity index (χ2n) is 12.2. The molecule has 0 spiro atoms. The molecule has 1 saturated heterocycles. The van der Waals surface area contributed by atoms with Crippen molar-refractivity contribution < 1.29 is 4.79 Å². The van der Waals surface area contributed by atoms with Gasteiger partial charge in [-0.2, -0.15) is 4.68 Å². The number of tetrazole rings is 1. The molecule has 0 amide bonds. The van der Waals surface area contributed by atoms with Crippen LogP contribution in [0, 0.1) is 5.92 Å². The zero-order valence-corrected chi connectivity index (χ0v) is 25.9. The Labute approximate surface area is 268 Å². The third kappa shape index (κ3) is 6.31. The van der Waals surface area contributed by atoms with Crippen LogP contribution in [-0.4, -0.2) is 49.0 Å². The van der Waals surface area contributed by atoms with Crippen molar-refractivity contribution in [3.8, 4) is 16.8 Å². The summed E-state index contributed by atoms with van der Waals surface area (Å²) in [6.45, 7) is 6.32. The molecule has 226 valence electrons. The van der Waals surface area contributed by atoms with Gasteiger partial charge in [-0.15, -0.1) is 5.10 Å². The van der Waals surface area contributed by atoms with E-state index in [2.05, 4.69) is 93.7 Å². The van der Waals surface area contributed by atoms with Crippen LogP contribution in [0.2, 0.25) is 5.02 Å². The van der Waals surface area contributed by atoms with E-state index in [0.29, 0.717) is 35.5 Å². The molecular weight excluding hydrogens is 580 g/mol. The van der Waals surface area contributed by atoms with Crippen LogP contribution in [0.4, 0.5) is 0 Å². The van der Waals surface area contributed by atoms with Gasteiger partial charge in [0, 0.05) is 71.5 Å². The number of hydrogen-bond acceptors (Lipinski definition) is 6. The lowest BCUT2D eigenvalue weighted by atomic mass is 9.80. The Morgan fingerprint density at radius 2 is 1.78 bits per heavy atom. The smallest absolute Gasteiger partial charge is 0.143 e. The summed E-state index contributed by atoms with van der Waals surface area (Å²) >= 11 is 6.41. The Morgan fingerprint density at radius 3 is 2.49 bits per heavy atom. The maximum Gasteiger partial charge on any atom is 0.143 e. The number of pyridine rings is 1. The standard InChI is InChI=1S/C37H35ClN6O/c1-25(31-20-33(45)21-31)43-16-14-27(15-17-43)28-8-5-9-29(19-28)34(18-26-6-3-2-4-7-26)36-12-10-30(23-39-36)35-22-32(38)11-13-37(35)44-24-40-41-42-44/h2-13,19,22-24,27,31,34H,1,14-18,20-21H2/t34-/m0/s1. The van der Waals surface area contributed by atoms with Crippen molar-refractivity contribution in [3.05, 3.63) is 137 Å². The maximum atomic E-state index is 11.5. The zero-order valence-electron chi connectivity index (χ0n) is 25.1. The number of piperidine rings is 1. The number of hydrogen-bond donors (Lipinski definition) is 0. The first-order chi connectivity index (χ1) is 22.0. The largest absolute Gasteiger partial charge is 0.375 e. The van der Waals surface area contributed by atoms with E-state index in [1.54, 1.807) is 11.0 Å². The molecule has 0 unspecified atom stereocenters. The number of aromatic nitrogens is 5. The van der Waals surface area contributed by atoms with E-state index < -0.39 is 0 Å². The minimum absolute atomic E-state index is 0.0933. The number of rotatable bonds is 9. The second-order valence-corrected chi connectivity index (χ2v) is 12.6. The van der Waals surface area contributed by atoms with Gasteiger partial charge < -0.3 is 4.90 Å². The van der Waals surface area contributed by atoms with Gasteiger partial charge >= 0.3 is 0 Å². The molecule has 5 aromatic rings. The van der Waals surface area contributed by atoms with Crippen molar-refractivity contribution in [2.45, 2.75) is 43.9 Å². The number of carbonyl (C=O) groups is 1. The Kier molecular flexibility index (Phi) is 8.27. The molecule has 1 aliphatic heterocycles. The van der Waals surface area contributed by atoms with Gasteiger partial charge in [0.25, 0.3) is 0 Å². The normalized spacial score (nSPS) is 16.4. The number of Topliss-reactive ketones (excluding diaryl/α,β-unsaturated/α-hetero) is 1. The molecular formula is C37H35ClN6O. The summed E-state index contributed by atoms with van der Waals surface area (Å²) < 4.78 is 1.64. The van der Waals surface area contributed by atoms with Gasteiger partial charge in [-0.05, 0) is 76.6 Å². The van der Waals surface area contributed by atoms with Crippen LogP contribution in [-0.2, 0) is 11.2 Å². The van der Waals surface area contributed by atoms with E-state index in [0.717, 1.165) is 60.6 Å². The SMILES string of the molecule is C=C(C1CC(=O)C1)N1CCC(c2cccc([C@H](Cc3ccccc3)c3ccc(-c4cc(Cl)ccc4-n4cnnn4)cn3)c2)CC1. The maximum absolute atomic E-state index is 11.5. The highest BCUT2D eigenvalue weighted by Gasteiger charge is 2.33. The number of carbonyl (C=O) groups excluding carboxylic acids is 1. The fourth-order valence-corrected chi connectivity index (χ4v) is 6.91. The van der Waals surface area contributed by atoms with Gasteiger partial charge in [-0.1, -0.05) is 78.8 Å². The van der Waals surface area contributed by atoms with Crippen molar-refractivity contribution in [1.29, 1.82) is 0 Å². The minimum atomic E-state index is 0.0933. The first-order valence-electron chi connectivity index (χ1n) is 15.6. The van der Waals surface area contributed by atoms with Crippen LogP contribution < -0.4 is 0 Å². The van der Waals surface area contributed by atoms with Gasteiger partial charge in [0.1, 0.15) is 12.1 Å². The first kappa shape index (κ1) is 29.1. The summed E-state index contributed by atoms with van der Waals surface area (Å²) in [7, 11) is 0. The van der Waals surface area contributed by atoms with Gasteiger partial charge in [0.05, 0.1) is 5.69 Å².